The number of piperidine rings is 1. The first kappa shape index (κ1) is 16.5. The molecule has 0 aromatic heterocycles. The maximum atomic E-state index is 12.3. The van der Waals surface area contributed by atoms with Gasteiger partial charge >= 0.3 is 0 Å². The summed E-state index contributed by atoms with van der Waals surface area (Å²) in [6.07, 6.45) is 5.58. The van der Waals surface area contributed by atoms with E-state index in [-0.39, 0.29) is 17.9 Å². The van der Waals surface area contributed by atoms with Crippen molar-refractivity contribution in [2.75, 3.05) is 32.8 Å². The number of rotatable bonds is 6. The summed E-state index contributed by atoms with van der Waals surface area (Å²) < 4.78 is 0. The first-order chi connectivity index (χ1) is 11.2. The van der Waals surface area contributed by atoms with Gasteiger partial charge in [0.2, 0.25) is 5.91 Å². The first-order valence-electron chi connectivity index (χ1n) is 8.87. The summed E-state index contributed by atoms with van der Waals surface area (Å²) in [5.74, 6) is 0.556. The number of carbonyl (C=O) groups is 1. The molecule has 0 atom stereocenters. The molecule has 2 aliphatic rings. The highest BCUT2D eigenvalue weighted by Gasteiger charge is 2.38. The van der Waals surface area contributed by atoms with Crippen LogP contribution in [0.2, 0.25) is 0 Å². The quantitative estimate of drug-likeness (QED) is 0.843. The second-order valence-electron chi connectivity index (χ2n) is 7.18. The zero-order chi connectivity index (χ0) is 16.1. The molecule has 4 heteroatoms. The minimum absolute atomic E-state index is 0.134. The molecule has 1 aromatic carbocycles. The summed E-state index contributed by atoms with van der Waals surface area (Å²) >= 11 is 0. The van der Waals surface area contributed by atoms with Crippen LogP contribution in [0.25, 0.3) is 0 Å². The molecule has 1 aliphatic heterocycles. The van der Waals surface area contributed by atoms with Gasteiger partial charge in [-0.05, 0) is 50.3 Å². The Morgan fingerprint density at radius 3 is 2.48 bits per heavy atom. The number of likely N-dealkylation sites (tertiary alicyclic amines) is 1. The fraction of sp³-hybridized carbons (Fsp3) is 0.632. The molecule has 1 aliphatic carbocycles. The lowest BCUT2D eigenvalue weighted by molar-refractivity contribution is -0.123. The van der Waals surface area contributed by atoms with E-state index in [9.17, 15) is 9.90 Å². The molecule has 0 spiro atoms. The van der Waals surface area contributed by atoms with Crippen molar-refractivity contribution in [3.63, 3.8) is 0 Å². The van der Waals surface area contributed by atoms with E-state index in [0.29, 0.717) is 12.5 Å². The van der Waals surface area contributed by atoms with Gasteiger partial charge in [0.05, 0.1) is 6.54 Å². The van der Waals surface area contributed by atoms with Gasteiger partial charge in [-0.25, -0.2) is 0 Å². The SMILES string of the molecule is O=C(CN1CCC(CO)CC1)NCC1(c2ccccc2)CCC1. The summed E-state index contributed by atoms with van der Waals surface area (Å²) in [6.45, 7) is 3.36. The molecule has 3 rings (SSSR count). The van der Waals surface area contributed by atoms with Gasteiger partial charge < -0.3 is 10.4 Å². The van der Waals surface area contributed by atoms with Crippen molar-refractivity contribution in [2.45, 2.75) is 37.5 Å². The van der Waals surface area contributed by atoms with E-state index in [1.54, 1.807) is 0 Å². The van der Waals surface area contributed by atoms with E-state index in [2.05, 4.69) is 34.5 Å². The van der Waals surface area contributed by atoms with Crippen LogP contribution in [-0.4, -0.2) is 48.7 Å². The third kappa shape index (κ3) is 3.93. The number of aliphatic hydroxyl groups is 1. The molecule has 1 heterocycles. The second kappa shape index (κ2) is 7.45. The maximum Gasteiger partial charge on any atom is 0.234 e. The molecule has 0 unspecified atom stereocenters. The third-order valence-corrected chi connectivity index (χ3v) is 5.65. The minimum atomic E-state index is 0.134. The molecule has 0 bridgehead atoms. The Balaban J connectivity index is 1.47. The highest BCUT2D eigenvalue weighted by Crippen LogP contribution is 2.43. The van der Waals surface area contributed by atoms with Gasteiger partial charge in [0.25, 0.3) is 0 Å². The fourth-order valence-electron chi connectivity index (χ4n) is 3.82. The normalized spacial score (nSPS) is 21.6. The fourth-order valence-corrected chi connectivity index (χ4v) is 3.82. The molecule has 1 amide bonds. The number of nitrogens with one attached hydrogen (secondary N) is 1. The van der Waals surface area contributed by atoms with Crippen molar-refractivity contribution in [1.82, 2.24) is 10.2 Å². The molecule has 0 radical (unpaired) electrons. The lowest BCUT2D eigenvalue weighted by atomic mass is 9.64. The number of benzene rings is 1. The summed E-state index contributed by atoms with van der Waals surface area (Å²) in [7, 11) is 0. The van der Waals surface area contributed by atoms with Crippen LogP contribution in [-0.2, 0) is 10.2 Å². The number of carbonyl (C=O) groups excluding carboxylic acids is 1. The van der Waals surface area contributed by atoms with Crippen LogP contribution in [0.4, 0.5) is 0 Å². The highest BCUT2D eigenvalue weighted by molar-refractivity contribution is 5.78. The van der Waals surface area contributed by atoms with Crippen molar-refractivity contribution in [2.24, 2.45) is 5.92 Å². The minimum Gasteiger partial charge on any atom is -0.396 e. The van der Waals surface area contributed by atoms with Crippen LogP contribution < -0.4 is 5.32 Å². The van der Waals surface area contributed by atoms with Gasteiger partial charge in [0.15, 0.2) is 0 Å². The average Bonchev–Trinajstić information content (AvgIpc) is 2.55. The van der Waals surface area contributed by atoms with Crippen LogP contribution in [0.1, 0.15) is 37.7 Å². The van der Waals surface area contributed by atoms with E-state index in [1.807, 2.05) is 6.07 Å². The Morgan fingerprint density at radius 1 is 1.22 bits per heavy atom. The standard InChI is InChI=1S/C19H28N2O2/c22-14-16-7-11-21(12-8-16)13-18(23)20-15-19(9-4-10-19)17-5-2-1-3-6-17/h1-3,5-6,16,22H,4,7-15H2,(H,20,23). The zero-order valence-electron chi connectivity index (χ0n) is 13.8. The van der Waals surface area contributed by atoms with Crippen LogP contribution in [0.5, 0.6) is 0 Å². The zero-order valence-corrected chi connectivity index (χ0v) is 13.8. The van der Waals surface area contributed by atoms with Crippen molar-refractivity contribution >= 4 is 5.91 Å². The van der Waals surface area contributed by atoms with E-state index in [4.69, 9.17) is 0 Å². The predicted molar refractivity (Wildman–Crippen MR) is 91.2 cm³/mol. The van der Waals surface area contributed by atoms with Gasteiger partial charge in [-0.1, -0.05) is 36.8 Å². The first-order valence-corrected chi connectivity index (χ1v) is 8.87. The Bertz CT molecular complexity index is 505. The summed E-state index contributed by atoms with van der Waals surface area (Å²) in [4.78, 5) is 14.5. The van der Waals surface area contributed by atoms with E-state index < -0.39 is 0 Å². The van der Waals surface area contributed by atoms with Crippen molar-refractivity contribution in [1.29, 1.82) is 0 Å². The average molecular weight is 316 g/mol. The predicted octanol–water partition coefficient (Wildman–Crippen LogP) is 1.93. The van der Waals surface area contributed by atoms with E-state index in [1.165, 1.54) is 24.8 Å². The number of hydrogen-bond donors (Lipinski definition) is 2. The smallest absolute Gasteiger partial charge is 0.234 e. The summed E-state index contributed by atoms with van der Waals surface area (Å²) in [5, 5.41) is 12.3. The lowest BCUT2D eigenvalue weighted by Crippen LogP contribution is -2.48. The van der Waals surface area contributed by atoms with Crippen molar-refractivity contribution < 1.29 is 9.90 Å². The molecule has 4 nitrogen and oxygen atoms in total. The van der Waals surface area contributed by atoms with Gasteiger partial charge in [-0.2, -0.15) is 0 Å². The van der Waals surface area contributed by atoms with Crippen LogP contribution in [0.15, 0.2) is 30.3 Å². The Hall–Kier alpha value is -1.39. The van der Waals surface area contributed by atoms with Gasteiger partial charge in [-0.3, -0.25) is 9.69 Å². The largest absolute Gasteiger partial charge is 0.396 e. The van der Waals surface area contributed by atoms with Crippen molar-refractivity contribution in [3.05, 3.63) is 35.9 Å². The van der Waals surface area contributed by atoms with Crippen molar-refractivity contribution in [3.8, 4) is 0 Å². The van der Waals surface area contributed by atoms with E-state index in [0.717, 1.165) is 32.5 Å². The van der Waals surface area contributed by atoms with Crippen LogP contribution in [0, 0.1) is 5.92 Å². The molecule has 126 valence electrons. The topological polar surface area (TPSA) is 52.6 Å². The molecular formula is C19H28N2O2. The monoisotopic (exact) mass is 316 g/mol. The van der Waals surface area contributed by atoms with Gasteiger partial charge in [0, 0.05) is 18.6 Å². The molecule has 23 heavy (non-hydrogen) atoms. The van der Waals surface area contributed by atoms with E-state index >= 15 is 0 Å². The molecule has 1 aromatic rings. The molecule has 1 saturated heterocycles. The molecule has 2 fully saturated rings. The Morgan fingerprint density at radius 2 is 1.91 bits per heavy atom. The van der Waals surface area contributed by atoms with Crippen LogP contribution in [0.3, 0.4) is 0 Å². The Labute approximate surface area is 138 Å². The molecular weight excluding hydrogens is 288 g/mol. The summed E-state index contributed by atoms with van der Waals surface area (Å²) in [5.41, 5.74) is 1.51. The van der Waals surface area contributed by atoms with Gasteiger partial charge in [0.1, 0.15) is 0 Å². The molecule has 2 N–H and O–H groups in total. The number of nitrogens with zero attached hydrogens (tertiary/aromatic N) is 1. The second-order valence-corrected chi connectivity index (χ2v) is 7.18. The lowest BCUT2D eigenvalue weighted by Gasteiger charge is -2.42. The van der Waals surface area contributed by atoms with Gasteiger partial charge in [-0.15, -0.1) is 0 Å². The Kier molecular flexibility index (Phi) is 5.34. The third-order valence-electron chi connectivity index (χ3n) is 5.65. The highest BCUT2D eigenvalue weighted by atomic mass is 16.3. The maximum absolute atomic E-state index is 12.3. The van der Waals surface area contributed by atoms with Crippen LogP contribution >= 0.6 is 0 Å². The number of hydrogen-bond acceptors (Lipinski definition) is 3. The number of aliphatic hydroxyl groups excluding tert-OH is 1. The molecule has 1 saturated carbocycles. The number of amides is 1. The summed E-state index contributed by atoms with van der Waals surface area (Å²) in [6, 6.07) is 10.6.